The van der Waals surface area contributed by atoms with Gasteiger partial charge in [-0.25, -0.2) is 0 Å². The van der Waals surface area contributed by atoms with E-state index in [1.165, 1.54) is 49.4 Å². The van der Waals surface area contributed by atoms with Gasteiger partial charge in [-0.2, -0.15) is 0 Å². The molecule has 0 fully saturated rings. The van der Waals surface area contributed by atoms with Crippen molar-refractivity contribution in [1.82, 2.24) is 4.57 Å². The summed E-state index contributed by atoms with van der Waals surface area (Å²) < 4.78 is 9.36. The average molecular weight is 855 g/mol. The van der Waals surface area contributed by atoms with Gasteiger partial charge in [0.1, 0.15) is 11.2 Å². The molecule has 0 unspecified atom stereocenters. The zero-order chi connectivity index (χ0) is 44.3. The largest absolute Gasteiger partial charge is 0.455 e. The van der Waals surface area contributed by atoms with Crippen LogP contribution in [0.1, 0.15) is 0 Å². The summed E-state index contributed by atoms with van der Waals surface area (Å²) in [5.74, 6) is 0. The number of nitrogens with zero attached hydrogens (tertiary/aromatic N) is 2. The van der Waals surface area contributed by atoms with E-state index in [0.29, 0.717) is 0 Å². The maximum atomic E-state index is 6.94. The molecule has 11 aromatic carbocycles. The van der Waals surface area contributed by atoms with E-state index in [-0.39, 0.29) is 0 Å². The number of para-hydroxylation sites is 5. The van der Waals surface area contributed by atoms with Gasteiger partial charge in [0.2, 0.25) is 0 Å². The van der Waals surface area contributed by atoms with Gasteiger partial charge < -0.3 is 13.9 Å². The van der Waals surface area contributed by atoms with Gasteiger partial charge in [0.05, 0.1) is 22.4 Å². The van der Waals surface area contributed by atoms with Crippen LogP contribution < -0.4 is 4.90 Å². The van der Waals surface area contributed by atoms with Crippen molar-refractivity contribution in [3.05, 3.63) is 255 Å². The predicted molar refractivity (Wildman–Crippen MR) is 282 cm³/mol. The maximum absolute atomic E-state index is 6.94. The number of benzene rings is 11. The smallest absolute Gasteiger partial charge is 0.143 e. The summed E-state index contributed by atoms with van der Waals surface area (Å²) in [6.07, 6.45) is 0. The van der Waals surface area contributed by atoms with E-state index < -0.39 is 0 Å². The monoisotopic (exact) mass is 854 g/mol. The van der Waals surface area contributed by atoms with Crippen LogP contribution in [0.15, 0.2) is 259 Å². The molecule has 3 nitrogen and oxygen atoms in total. The normalized spacial score (nSPS) is 11.6. The summed E-state index contributed by atoms with van der Waals surface area (Å²) in [5.41, 5.74) is 17.7. The Kier molecular flexibility index (Phi) is 9.17. The zero-order valence-corrected chi connectivity index (χ0v) is 36.6. The molecule has 0 aliphatic carbocycles. The van der Waals surface area contributed by atoms with E-state index >= 15 is 0 Å². The number of anilines is 3. The van der Waals surface area contributed by atoms with E-state index in [1.54, 1.807) is 0 Å². The third-order valence-corrected chi connectivity index (χ3v) is 13.4. The topological polar surface area (TPSA) is 21.3 Å². The third kappa shape index (κ3) is 6.51. The highest BCUT2D eigenvalue weighted by atomic mass is 16.3. The molecule has 0 amide bonds. The molecule has 13 aromatic rings. The first-order valence-electron chi connectivity index (χ1n) is 22.9. The third-order valence-electron chi connectivity index (χ3n) is 13.4. The van der Waals surface area contributed by atoms with Gasteiger partial charge in [0, 0.05) is 55.0 Å². The first-order chi connectivity index (χ1) is 33.2. The second-order valence-corrected chi connectivity index (χ2v) is 17.2. The highest BCUT2D eigenvalue weighted by Crippen LogP contribution is 2.46. The fourth-order valence-electron chi connectivity index (χ4n) is 10.3. The maximum Gasteiger partial charge on any atom is 0.143 e. The molecular formula is C64H42N2O. The van der Waals surface area contributed by atoms with Crippen LogP contribution >= 0.6 is 0 Å². The lowest BCUT2D eigenvalue weighted by molar-refractivity contribution is 0.674. The Labute approximate surface area is 388 Å². The summed E-state index contributed by atoms with van der Waals surface area (Å²) in [6, 6.07) is 91.8. The Hall–Kier alpha value is -8.92. The molecule has 0 saturated heterocycles. The first-order valence-corrected chi connectivity index (χ1v) is 22.9. The Morgan fingerprint density at radius 1 is 0.299 bits per heavy atom. The van der Waals surface area contributed by atoms with Crippen LogP contribution in [0.5, 0.6) is 0 Å². The molecule has 0 atom stereocenters. The minimum absolute atomic E-state index is 0.881. The highest BCUT2D eigenvalue weighted by molar-refractivity contribution is 6.18. The molecule has 2 heterocycles. The minimum atomic E-state index is 0.881. The van der Waals surface area contributed by atoms with Gasteiger partial charge >= 0.3 is 0 Å². The zero-order valence-electron chi connectivity index (χ0n) is 36.6. The summed E-state index contributed by atoms with van der Waals surface area (Å²) in [7, 11) is 0. The quantitative estimate of drug-likeness (QED) is 0.152. The van der Waals surface area contributed by atoms with Crippen molar-refractivity contribution >= 4 is 71.6 Å². The van der Waals surface area contributed by atoms with Crippen LogP contribution in [-0.4, -0.2) is 4.57 Å². The molecule has 0 aliphatic heterocycles. The SMILES string of the molecule is c1ccc(-c2cccc(-c3ccc(N(c4ccc(-c5ccccc5-n5c6ccccc6c6ccccc65)cc4)c4ccccc4-c4cccc5c4oc4c6ccccc6ccc54)cc3)c2)cc1. The van der Waals surface area contributed by atoms with Crippen LogP contribution in [0, 0.1) is 0 Å². The van der Waals surface area contributed by atoms with E-state index in [1.807, 2.05) is 0 Å². The second-order valence-electron chi connectivity index (χ2n) is 17.2. The van der Waals surface area contributed by atoms with Gasteiger partial charge in [-0.3, -0.25) is 0 Å². The Morgan fingerprint density at radius 3 is 1.54 bits per heavy atom. The standard InChI is InChI=1S/C64H42N2O/c1-2-16-43(17-3-1)47-19-14-20-48(42-47)44-32-37-49(38-33-44)65(60-29-11-9-25-55(60)56-26-15-27-57-58-41-36-45-18-4-5-22-52(45)63(58)67-64(56)57)50-39-34-46(35-40-50)51-21-6-10-28-59(51)66-61-30-12-7-23-53(61)54-24-8-13-31-62(54)66/h1-42H. The molecule has 0 saturated carbocycles. The van der Waals surface area contributed by atoms with Crippen LogP contribution in [0.3, 0.4) is 0 Å². The average Bonchev–Trinajstić information content (AvgIpc) is 3.96. The Balaban J connectivity index is 0.960. The highest BCUT2D eigenvalue weighted by Gasteiger charge is 2.22. The summed E-state index contributed by atoms with van der Waals surface area (Å²) >= 11 is 0. The summed E-state index contributed by atoms with van der Waals surface area (Å²) in [5, 5.41) is 7.00. The van der Waals surface area contributed by atoms with Gasteiger partial charge in [-0.15, -0.1) is 0 Å². The number of fused-ring (bicyclic) bond motifs is 8. The number of hydrogen-bond acceptors (Lipinski definition) is 2. The van der Waals surface area contributed by atoms with E-state index in [0.717, 1.165) is 72.3 Å². The van der Waals surface area contributed by atoms with Crippen LogP contribution in [-0.2, 0) is 0 Å². The lowest BCUT2D eigenvalue weighted by atomic mass is 9.97. The van der Waals surface area contributed by atoms with Crippen molar-refractivity contribution in [3.8, 4) is 50.2 Å². The second kappa shape index (κ2) is 16.0. The fraction of sp³-hybridized carbons (Fsp3) is 0. The van der Waals surface area contributed by atoms with Crippen LogP contribution in [0.4, 0.5) is 17.1 Å². The molecule has 13 rings (SSSR count). The van der Waals surface area contributed by atoms with Gasteiger partial charge in [0.25, 0.3) is 0 Å². The fourth-order valence-corrected chi connectivity index (χ4v) is 10.3. The van der Waals surface area contributed by atoms with E-state index in [2.05, 4.69) is 264 Å². The molecule has 2 aromatic heterocycles. The van der Waals surface area contributed by atoms with Gasteiger partial charge in [-0.1, -0.05) is 194 Å². The number of hydrogen-bond donors (Lipinski definition) is 0. The van der Waals surface area contributed by atoms with Gasteiger partial charge in [0.15, 0.2) is 0 Å². The van der Waals surface area contributed by atoms with Crippen LogP contribution in [0.2, 0.25) is 0 Å². The number of rotatable bonds is 8. The number of aromatic nitrogens is 1. The Morgan fingerprint density at radius 2 is 0.806 bits per heavy atom. The van der Waals surface area contributed by atoms with E-state index in [4.69, 9.17) is 4.42 Å². The lowest BCUT2D eigenvalue weighted by Gasteiger charge is -2.28. The summed E-state index contributed by atoms with van der Waals surface area (Å²) in [6.45, 7) is 0. The molecule has 67 heavy (non-hydrogen) atoms. The first kappa shape index (κ1) is 38.5. The molecule has 0 radical (unpaired) electrons. The van der Waals surface area contributed by atoms with Crippen molar-refractivity contribution in [2.24, 2.45) is 0 Å². The Bertz CT molecular complexity index is 3920. The molecule has 0 N–H and O–H groups in total. The minimum Gasteiger partial charge on any atom is -0.455 e. The van der Waals surface area contributed by atoms with Gasteiger partial charge in [-0.05, 0) is 93.9 Å². The van der Waals surface area contributed by atoms with Crippen molar-refractivity contribution in [3.63, 3.8) is 0 Å². The predicted octanol–water partition coefficient (Wildman–Crippen LogP) is 18.0. The van der Waals surface area contributed by atoms with Crippen molar-refractivity contribution < 1.29 is 4.42 Å². The number of furan rings is 1. The molecule has 0 aliphatic rings. The summed E-state index contributed by atoms with van der Waals surface area (Å²) in [4.78, 5) is 2.39. The molecular weight excluding hydrogens is 813 g/mol. The molecule has 0 spiro atoms. The molecule has 3 heteroatoms. The molecule has 0 bridgehead atoms. The lowest BCUT2D eigenvalue weighted by Crippen LogP contribution is -2.11. The van der Waals surface area contributed by atoms with Crippen molar-refractivity contribution in [1.29, 1.82) is 0 Å². The van der Waals surface area contributed by atoms with Crippen LogP contribution in [0.25, 0.3) is 105 Å². The van der Waals surface area contributed by atoms with Crippen molar-refractivity contribution in [2.45, 2.75) is 0 Å². The van der Waals surface area contributed by atoms with Crippen molar-refractivity contribution in [2.75, 3.05) is 4.90 Å². The van der Waals surface area contributed by atoms with E-state index in [9.17, 15) is 0 Å². The molecule has 314 valence electrons.